The quantitative estimate of drug-likeness (QED) is 0.757. The standard InChI is InChI=1S/C10H14N2OS/c1-10(13)5-2-4-8(10)14-9-11-6-3-7-12-9/h3,6-8,13H,2,4-5H2,1H3. The van der Waals surface area contributed by atoms with Crippen LogP contribution in [0.4, 0.5) is 0 Å². The molecule has 0 spiro atoms. The molecule has 0 amide bonds. The topological polar surface area (TPSA) is 46.0 Å². The highest BCUT2D eigenvalue weighted by atomic mass is 32.2. The highest BCUT2D eigenvalue weighted by Crippen LogP contribution is 2.40. The van der Waals surface area contributed by atoms with Crippen LogP contribution < -0.4 is 0 Å². The van der Waals surface area contributed by atoms with Crippen molar-refractivity contribution in [2.24, 2.45) is 0 Å². The largest absolute Gasteiger partial charge is 0.389 e. The van der Waals surface area contributed by atoms with E-state index in [1.165, 1.54) is 0 Å². The van der Waals surface area contributed by atoms with E-state index < -0.39 is 5.60 Å². The van der Waals surface area contributed by atoms with E-state index in [1.807, 2.05) is 6.92 Å². The highest BCUT2D eigenvalue weighted by molar-refractivity contribution is 7.99. The molecule has 2 atom stereocenters. The first-order valence-electron chi connectivity index (χ1n) is 4.84. The Kier molecular flexibility index (Phi) is 2.74. The summed E-state index contributed by atoms with van der Waals surface area (Å²) in [5.41, 5.74) is -0.552. The van der Waals surface area contributed by atoms with Crippen LogP contribution in [0.3, 0.4) is 0 Å². The predicted octanol–water partition coefficient (Wildman–Crippen LogP) is 1.87. The summed E-state index contributed by atoms with van der Waals surface area (Å²) < 4.78 is 0. The zero-order valence-corrected chi connectivity index (χ0v) is 9.00. The second kappa shape index (κ2) is 3.87. The first-order chi connectivity index (χ1) is 6.68. The van der Waals surface area contributed by atoms with Crippen LogP contribution in [-0.2, 0) is 0 Å². The Morgan fingerprint density at radius 3 is 2.79 bits per heavy atom. The number of rotatable bonds is 2. The molecule has 1 saturated carbocycles. The molecule has 2 unspecified atom stereocenters. The van der Waals surface area contributed by atoms with Gasteiger partial charge < -0.3 is 5.11 Å². The van der Waals surface area contributed by atoms with Gasteiger partial charge in [-0.05, 0) is 32.3 Å². The van der Waals surface area contributed by atoms with Crippen LogP contribution in [0.15, 0.2) is 23.6 Å². The Labute approximate surface area is 88.0 Å². The van der Waals surface area contributed by atoms with E-state index in [0.717, 1.165) is 24.4 Å². The van der Waals surface area contributed by atoms with Gasteiger partial charge in [-0.15, -0.1) is 0 Å². The molecular weight excluding hydrogens is 196 g/mol. The molecule has 3 nitrogen and oxygen atoms in total. The monoisotopic (exact) mass is 210 g/mol. The molecule has 1 aromatic heterocycles. The summed E-state index contributed by atoms with van der Waals surface area (Å²) in [6.45, 7) is 1.90. The molecular formula is C10H14N2OS. The second-order valence-corrected chi connectivity index (χ2v) is 5.06. The fraction of sp³-hybridized carbons (Fsp3) is 0.600. The minimum Gasteiger partial charge on any atom is -0.389 e. The molecule has 0 aliphatic heterocycles. The smallest absolute Gasteiger partial charge is 0.187 e. The van der Waals surface area contributed by atoms with Gasteiger partial charge in [0.2, 0.25) is 0 Å². The molecule has 1 aliphatic rings. The molecule has 1 N–H and O–H groups in total. The molecule has 1 heterocycles. The lowest BCUT2D eigenvalue weighted by atomic mass is 10.1. The average molecular weight is 210 g/mol. The Morgan fingerprint density at radius 2 is 2.21 bits per heavy atom. The molecule has 1 aliphatic carbocycles. The number of aromatic nitrogens is 2. The van der Waals surface area contributed by atoms with E-state index in [2.05, 4.69) is 9.97 Å². The van der Waals surface area contributed by atoms with Crippen molar-refractivity contribution in [2.45, 2.75) is 42.2 Å². The van der Waals surface area contributed by atoms with Crippen molar-refractivity contribution in [3.63, 3.8) is 0 Å². The summed E-state index contributed by atoms with van der Waals surface area (Å²) in [6.07, 6.45) is 6.50. The molecule has 4 heteroatoms. The van der Waals surface area contributed by atoms with Crippen LogP contribution in [0.5, 0.6) is 0 Å². The summed E-state index contributed by atoms with van der Waals surface area (Å²) in [5, 5.41) is 11.0. The zero-order valence-electron chi connectivity index (χ0n) is 8.18. The van der Waals surface area contributed by atoms with Crippen LogP contribution in [0.1, 0.15) is 26.2 Å². The Hall–Kier alpha value is -0.610. The van der Waals surface area contributed by atoms with E-state index in [4.69, 9.17) is 0 Å². The van der Waals surface area contributed by atoms with E-state index in [9.17, 15) is 5.11 Å². The summed E-state index contributed by atoms with van der Waals surface area (Å²) in [5.74, 6) is 0. The third kappa shape index (κ3) is 2.07. The maximum Gasteiger partial charge on any atom is 0.187 e. The summed E-state index contributed by atoms with van der Waals surface area (Å²) in [7, 11) is 0. The van der Waals surface area contributed by atoms with E-state index in [-0.39, 0.29) is 5.25 Å². The SMILES string of the molecule is CC1(O)CCCC1Sc1ncccn1. The van der Waals surface area contributed by atoms with Crippen molar-refractivity contribution >= 4 is 11.8 Å². The zero-order chi connectivity index (χ0) is 10.0. The lowest BCUT2D eigenvalue weighted by molar-refractivity contribution is 0.0733. The molecule has 76 valence electrons. The van der Waals surface area contributed by atoms with Gasteiger partial charge in [-0.1, -0.05) is 11.8 Å². The highest BCUT2D eigenvalue weighted by Gasteiger charge is 2.37. The molecule has 14 heavy (non-hydrogen) atoms. The average Bonchev–Trinajstić information content (AvgIpc) is 2.48. The fourth-order valence-electron chi connectivity index (χ4n) is 1.78. The number of nitrogens with zero attached hydrogens (tertiary/aromatic N) is 2. The minimum atomic E-state index is -0.552. The van der Waals surface area contributed by atoms with Crippen LogP contribution in [0.2, 0.25) is 0 Å². The van der Waals surface area contributed by atoms with Crippen molar-refractivity contribution in [3.8, 4) is 0 Å². The van der Waals surface area contributed by atoms with Crippen LogP contribution >= 0.6 is 11.8 Å². The van der Waals surface area contributed by atoms with Crippen molar-refractivity contribution in [1.82, 2.24) is 9.97 Å². The maximum absolute atomic E-state index is 10.0. The molecule has 2 rings (SSSR count). The molecule has 1 aromatic rings. The predicted molar refractivity (Wildman–Crippen MR) is 56.2 cm³/mol. The van der Waals surface area contributed by atoms with Gasteiger partial charge in [0.05, 0.1) is 5.60 Å². The fourth-order valence-corrected chi connectivity index (χ4v) is 2.93. The van der Waals surface area contributed by atoms with Gasteiger partial charge >= 0.3 is 0 Å². The summed E-state index contributed by atoms with van der Waals surface area (Å²) in [4.78, 5) is 8.30. The molecule has 1 fully saturated rings. The molecule has 0 radical (unpaired) electrons. The van der Waals surface area contributed by atoms with Gasteiger partial charge in [-0.3, -0.25) is 0 Å². The van der Waals surface area contributed by atoms with Crippen LogP contribution in [0, 0.1) is 0 Å². The van der Waals surface area contributed by atoms with Crippen molar-refractivity contribution < 1.29 is 5.11 Å². The number of thioether (sulfide) groups is 1. The first kappa shape index (κ1) is 9.93. The van der Waals surface area contributed by atoms with E-state index in [0.29, 0.717) is 0 Å². The third-order valence-electron chi connectivity index (χ3n) is 2.63. The van der Waals surface area contributed by atoms with Crippen molar-refractivity contribution in [1.29, 1.82) is 0 Å². The van der Waals surface area contributed by atoms with Crippen LogP contribution in [-0.4, -0.2) is 25.9 Å². The Bertz CT molecular complexity index is 302. The Morgan fingerprint density at radius 1 is 1.50 bits per heavy atom. The molecule has 0 aromatic carbocycles. The molecule has 0 bridgehead atoms. The van der Waals surface area contributed by atoms with Gasteiger partial charge in [0.25, 0.3) is 0 Å². The van der Waals surface area contributed by atoms with E-state index >= 15 is 0 Å². The normalized spacial score (nSPS) is 32.0. The van der Waals surface area contributed by atoms with Gasteiger partial charge in [-0.25, -0.2) is 9.97 Å². The van der Waals surface area contributed by atoms with Crippen LogP contribution in [0.25, 0.3) is 0 Å². The Balaban J connectivity index is 2.05. The lowest BCUT2D eigenvalue weighted by Crippen LogP contribution is -2.31. The number of hydrogen-bond donors (Lipinski definition) is 1. The van der Waals surface area contributed by atoms with Gasteiger partial charge in [0, 0.05) is 17.6 Å². The van der Waals surface area contributed by atoms with Crippen molar-refractivity contribution in [3.05, 3.63) is 18.5 Å². The lowest BCUT2D eigenvalue weighted by Gasteiger charge is -2.23. The van der Waals surface area contributed by atoms with Crippen molar-refractivity contribution in [2.75, 3.05) is 0 Å². The number of hydrogen-bond acceptors (Lipinski definition) is 4. The van der Waals surface area contributed by atoms with Gasteiger partial charge in [-0.2, -0.15) is 0 Å². The first-order valence-corrected chi connectivity index (χ1v) is 5.72. The maximum atomic E-state index is 10.0. The molecule has 0 saturated heterocycles. The van der Waals surface area contributed by atoms with E-state index in [1.54, 1.807) is 30.2 Å². The minimum absolute atomic E-state index is 0.241. The number of aliphatic hydroxyl groups is 1. The van der Waals surface area contributed by atoms with Gasteiger partial charge in [0.1, 0.15) is 0 Å². The van der Waals surface area contributed by atoms with Gasteiger partial charge in [0.15, 0.2) is 5.16 Å². The summed E-state index contributed by atoms with van der Waals surface area (Å²) >= 11 is 1.59. The summed E-state index contributed by atoms with van der Waals surface area (Å²) in [6, 6.07) is 1.80. The second-order valence-electron chi connectivity index (χ2n) is 3.89. The third-order valence-corrected chi connectivity index (χ3v) is 4.08.